The molecule has 0 radical (unpaired) electrons. The molecule has 0 saturated heterocycles. The number of benzene rings is 2. The largest absolute Gasteiger partial charge is 0.488 e. The van der Waals surface area contributed by atoms with Gasteiger partial charge in [-0.1, -0.05) is 75.7 Å². The van der Waals surface area contributed by atoms with E-state index in [2.05, 4.69) is 99.9 Å². The van der Waals surface area contributed by atoms with Crippen LogP contribution in [0.4, 0.5) is 0 Å². The van der Waals surface area contributed by atoms with Crippen molar-refractivity contribution in [2.75, 3.05) is 0 Å². The summed E-state index contributed by atoms with van der Waals surface area (Å²) >= 11 is 3.45. The van der Waals surface area contributed by atoms with Crippen LogP contribution in [-0.4, -0.2) is 0 Å². The van der Waals surface area contributed by atoms with Gasteiger partial charge < -0.3 is 4.74 Å². The van der Waals surface area contributed by atoms with Crippen molar-refractivity contribution in [1.82, 2.24) is 0 Å². The number of hydrogen-bond acceptors (Lipinski definition) is 1. The van der Waals surface area contributed by atoms with Crippen molar-refractivity contribution in [2.24, 2.45) is 0 Å². The second-order valence-electron chi connectivity index (χ2n) is 8.12. The molecule has 0 atom stereocenters. The van der Waals surface area contributed by atoms with E-state index < -0.39 is 0 Å². The Morgan fingerprint density at radius 1 is 0.826 bits per heavy atom. The van der Waals surface area contributed by atoms with Crippen molar-refractivity contribution in [3.63, 3.8) is 0 Å². The monoisotopic (exact) mass is 374 g/mol. The summed E-state index contributed by atoms with van der Waals surface area (Å²) in [6.07, 6.45) is 0. The van der Waals surface area contributed by atoms with Crippen molar-refractivity contribution < 1.29 is 4.74 Å². The average molecular weight is 375 g/mol. The van der Waals surface area contributed by atoms with Gasteiger partial charge in [0.1, 0.15) is 12.4 Å². The molecule has 124 valence electrons. The highest BCUT2D eigenvalue weighted by atomic mass is 79.9. The van der Waals surface area contributed by atoms with Crippen LogP contribution in [-0.2, 0) is 17.4 Å². The van der Waals surface area contributed by atoms with E-state index in [1.54, 1.807) is 0 Å². The molecule has 0 aliphatic carbocycles. The Balaban J connectivity index is 0.000000168. The van der Waals surface area contributed by atoms with Gasteiger partial charge in [0.2, 0.25) is 0 Å². The van der Waals surface area contributed by atoms with Crippen LogP contribution < -0.4 is 4.74 Å². The van der Waals surface area contributed by atoms with Gasteiger partial charge in [-0.3, -0.25) is 0 Å². The number of ether oxygens (including phenoxy) is 1. The van der Waals surface area contributed by atoms with Crippen LogP contribution in [0.25, 0.3) is 0 Å². The van der Waals surface area contributed by atoms with Gasteiger partial charge in [0.05, 0.1) is 0 Å². The third kappa shape index (κ3) is 4.84. The molecule has 1 nitrogen and oxygen atoms in total. The Labute approximate surface area is 149 Å². The van der Waals surface area contributed by atoms with Crippen LogP contribution in [0.2, 0.25) is 0 Å². The van der Waals surface area contributed by atoms with Crippen molar-refractivity contribution in [3.8, 4) is 5.75 Å². The Kier molecular flexibility index (Phi) is 5.25. The topological polar surface area (TPSA) is 9.23 Å². The van der Waals surface area contributed by atoms with Crippen LogP contribution in [0.5, 0.6) is 5.75 Å². The van der Waals surface area contributed by atoms with E-state index in [0.717, 1.165) is 16.8 Å². The van der Waals surface area contributed by atoms with Crippen molar-refractivity contribution in [2.45, 2.75) is 59.0 Å². The zero-order valence-corrected chi connectivity index (χ0v) is 16.6. The van der Waals surface area contributed by atoms with Gasteiger partial charge in [-0.05, 0) is 46.2 Å². The lowest BCUT2D eigenvalue weighted by Crippen LogP contribution is -2.15. The first kappa shape index (κ1) is 18.1. The predicted octanol–water partition coefficient (Wildman–Crippen LogP) is 6.62. The van der Waals surface area contributed by atoms with E-state index in [4.69, 9.17) is 4.74 Å². The summed E-state index contributed by atoms with van der Waals surface area (Å²) in [6, 6.07) is 14.9. The minimum atomic E-state index is 0.254. The summed E-state index contributed by atoms with van der Waals surface area (Å²) in [5, 5.41) is 0. The minimum absolute atomic E-state index is 0.254. The molecule has 2 aromatic carbocycles. The highest BCUT2D eigenvalue weighted by Crippen LogP contribution is 2.33. The molecule has 0 spiro atoms. The lowest BCUT2D eigenvalue weighted by atomic mass is 9.85. The molecule has 0 unspecified atom stereocenters. The molecule has 0 amide bonds. The summed E-state index contributed by atoms with van der Waals surface area (Å²) in [5.41, 5.74) is 4.62. The normalized spacial score (nSPS) is 13.2. The SMILES string of the molecule is CC(C)(C)c1ccc2c(c1)CO2.CC(C)(C)c1cccc(Br)c1. The Bertz CT molecular complexity index is 675. The molecule has 0 N–H and O–H groups in total. The molecule has 1 heterocycles. The second kappa shape index (κ2) is 6.68. The zero-order valence-electron chi connectivity index (χ0n) is 15.0. The van der Waals surface area contributed by atoms with Gasteiger partial charge in [-0.25, -0.2) is 0 Å². The third-order valence-corrected chi connectivity index (χ3v) is 4.49. The van der Waals surface area contributed by atoms with Gasteiger partial charge in [0.25, 0.3) is 0 Å². The van der Waals surface area contributed by atoms with E-state index in [1.165, 1.54) is 16.7 Å². The molecular formula is C21H27BrO. The average Bonchev–Trinajstić information content (AvgIpc) is 2.39. The first-order valence-electron chi connectivity index (χ1n) is 8.09. The van der Waals surface area contributed by atoms with E-state index in [1.807, 2.05) is 0 Å². The zero-order chi connectivity index (χ0) is 17.3. The number of rotatable bonds is 0. The molecule has 3 rings (SSSR count). The summed E-state index contributed by atoms with van der Waals surface area (Å²) in [6.45, 7) is 14.1. The van der Waals surface area contributed by atoms with Crippen LogP contribution in [0.3, 0.4) is 0 Å². The van der Waals surface area contributed by atoms with Gasteiger partial charge >= 0.3 is 0 Å². The van der Waals surface area contributed by atoms with E-state index in [9.17, 15) is 0 Å². The maximum absolute atomic E-state index is 5.24. The minimum Gasteiger partial charge on any atom is -0.488 e. The Hall–Kier alpha value is -1.28. The highest BCUT2D eigenvalue weighted by Gasteiger charge is 2.19. The first-order chi connectivity index (χ1) is 10.6. The predicted molar refractivity (Wildman–Crippen MR) is 102 cm³/mol. The molecule has 0 aromatic heterocycles. The third-order valence-electron chi connectivity index (χ3n) is 4.00. The summed E-state index contributed by atoms with van der Waals surface area (Å²) in [5.74, 6) is 1.06. The van der Waals surface area contributed by atoms with Crippen LogP contribution in [0, 0.1) is 0 Å². The van der Waals surface area contributed by atoms with Crippen molar-refractivity contribution in [3.05, 3.63) is 63.6 Å². The van der Waals surface area contributed by atoms with Crippen molar-refractivity contribution in [1.29, 1.82) is 0 Å². The van der Waals surface area contributed by atoms with Gasteiger partial charge in [0, 0.05) is 10.0 Å². The molecular weight excluding hydrogens is 348 g/mol. The van der Waals surface area contributed by atoms with E-state index in [0.29, 0.717) is 0 Å². The fourth-order valence-electron chi connectivity index (χ4n) is 2.33. The van der Waals surface area contributed by atoms with Crippen molar-refractivity contribution >= 4 is 15.9 Å². The molecule has 2 heteroatoms. The Morgan fingerprint density at radius 3 is 1.83 bits per heavy atom. The summed E-state index contributed by atoms with van der Waals surface area (Å²) in [7, 11) is 0. The standard InChI is InChI=1S/C11H14O.C10H13Br/c1-11(2,3)9-4-5-10-8(6-9)7-12-10;1-10(2,3)8-5-4-6-9(11)7-8/h4-6H,7H2,1-3H3;4-7H,1-3H3. The maximum Gasteiger partial charge on any atom is 0.126 e. The fourth-order valence-corrected chi connectivity index (χ4v) is 2.73. The molecule has 0 saturated carbocycles. The fraction of sp³-hybridized carbons (Fsp3) is 0.429. The number of halogens is 1. The molecule has 23 heavy (non-hydrogen) atoms. The van der Waals surface area contributed by atoms with Gasteiger partial charge in [-0.15, -0.1) is 0 Å². The maximum atomic E-state index is 5.24. The smallest absolute Gasteiger partial charge is 0.126 e. The Morgan fingerprint density at radius 2 is 1.43 bits per heavy atom. The summed E-state index contributed by atoms with van der Waals surface area (Å²) in [4.78, 5) is 0. The lowest BCUT2D eigenvalue weighted by Gasteiger charge is -2.25. The molecule has 0 fully saturated rings. The molecule has 1 aliphatic rings. The van der Waals surface area contributed by atoms with Crippen LogP contribution in [0.15, 0.2) is 46.9 Å². The summed E-state index contributed by atoms with van der Waals surface area (Å²) < 4.78 is 6.40. The van der Waals surface area contributed by atoms with Crippen LogP contribution >= 0.6 is 15.9 Å². The molecule has 1 aliphatic heterocycles. The highest BCUT2D eigenvalue weighted by molar-refractivity contribution is 9.10. The first-order valence-corrected chi connectivity index (χ1v) is 8.89. The van der Waals surface area contributed by atoms with E-state index >= 15 is 0 Å². The number of fused-ring (bicyclic) bond motifs is 1. The van der Waals surface area contributed by atoms with Gasteiger partial charge in [-0.2, -0.15) is 0 Å². The van der Waals surface area contributed by atoms with E-state index in [-0.39, 0.29) is 10.8 Å². The number of hydrogen-bond donors (Lipinski definition) is 0. The van der Waals surface area contributed by atoms with Crippen LogP contribution in [0.1, 0.15) is 58.2 Å². The molecule has 0 bridgehead atoms. The van der Waals surface area contributed by atoms with Gasteiger partial charge in [0.15, 0.2) is 0 Å². The second-order valence-corrected chi connectivity index (χ2v) is 9.04. The molecule has 2 aromatic rings. The lowest BCUT2D eigenvalue weighted by molar-refractivity contribution is 0.242. The quantitative estimate of drug-likeness (QED) is 0.503.